The van der Waals surface area contributed by atoms with Gasteiger partial charge in [0.25, 0.3) is 0 Å². The number of sulfonamides is 1. The maximum atomic E-state index is 11.9. The zero-order valence-corrected chi connectivity index (χ0v) is 14.2. The highest BCUT2D eigenvalue weighted by molar-refractivity contribution is 7.95. The Kier molecular flexibility index (Phi) is 4.94. The van der Waals surface area contributed by atoms with Gasteiger partial charge < -0.3 is 5.11 Å². The minimum Gasteiger partial charge on any atom is -0.506 e. The fraction of sp³-hybridized carbons (Fsp3) is 0.538. The SMILES string of the molecule is CC(C)(C)c1ccc(O)c(NS(=O)(=O)CCS(C)(=O)=O)c1. The van der Waals surface area contributed by atoms with E-state index in [1.165, 1.54) is 6.07 Å². The highest BCUT2D eigenvalue weighted by atomic mass is 32.2. The van der Waals surface area contributed by atoms with E-state index in [1.54, 1.807) is 12.1 Å². The van der Waals surface area contributed by atoms with E-state index in [9.17, 15) is 21.9 Å². The van der Waals surface area contributed by atoms with E-state index in [-0.39, 0.29) is 16.9 Å². The predicted molar refractivity (Wildman–Crippen MR) is 83.9 cm³/mol. The summed E-state index contributed by atoms with van der Waals surface area (Å²) in [5.41, 5.74) is 0.692. The Morgan fingerprint density at radius 1 is 1.10 bits per heavy atom. The van der Waals surface area contributed by atoms with Crippen LogP contribution in [0.1, 0.15) is 26.3 Å². The predicted octanol–water partition coefficient (Wildman–Crippen LogP) is 1.48. The normalized spacial score (nSPS) is 13.1. The first-order valence-electron chi connectivity index (χ1n) is 6.32. The molecule has 21 heavy (non-hydrogen) atoms. The van der Waals surface area contributed by atoms with Gasteiger partial charge in [0, 0.05) is 6.26 Å². The molecule has 0 bridgehead atoms. The van der Waals surface area contributed by atoms with Gasteiger partial charge in [-0.1, -0.05) is 26.8 Å². The second-order valence-corrected chi connectivity index (χ2v) is 10.1. The van der Waals surface area contributed by atoms with E-state index in [4.69, 9.17) is 0 Å². The van der Waals surface area contributed by atoms with Crippen LogP contribution in [0.5, 0.6) is 5.75 Å². The number of benzene rings is 1. The van der Waals surface area contributed by atoms with Crippen LogP contribution in [-0.4, -0.2) is 39.7 Å². The van der Waals surface area contributed by atoms with Crippen LogP contribution in [-0.2, 0) is 25.3 Å². The van der Waals surface area contributed by atoms with Gasteiger partial charge in [-0.2, -0.15) is 0 Å². The van der Waals surface area contributed by atoms with Crippen molar-refractivity contribution in [2.45, 2.75) is 26.2 Å². The van der Waals surface area contributed by atoms with Gasteiger partial charge in [0.2, 0.25) is 10.0 Å². The summed E-state index contributed by atoms with van der Waals surface area (Å²) in [6.45, 7) is 5.88. The molecule has 0 aliphatic heterocycles. The van der Waals surface area contributed by atoms with Crippen LogP contribution in [0.3, 0.4) is 0 Å². The molecule has 1 aromatic rings. The van der Waals surface area contributed by atoms with Crippen LogP contribution in [0.4, 0.5) is 5.69 Å². The Labute approximate surface area is 126 Å². The number of aromatic hydroxyl groups is 1. The lowest BCUT2D eigenvalue weighted by Crippen LogP contribution is -2.22. The third-order valence-corrected chi connectivity index (χ3v) is 5.33. The van der Waals surface area contributed by atoms with Crippen molar-refractivity contribution in [1.82, 2.24) is 0 Å². The number of phenols is 1. The maximum Gasteiger partial charge on any atom is 0.233 e. The standard InChI is InChI=1S/C13H21NO5S2/c1-13(2,3)10-5-6-12(15)11(9-10)14-21(18,19)8-7-20(4,16)17/h5-6,9,14-15H,7-8H2,1-4H3. The monoisotopic (exact) mass is 335 g/mol. The van der Waals surface area contributed by atoms with Crippen LogP contribution in [0.2, 0.25) is 0 Å². The summed E-state index contributed by atoms with van der Waals surface area (Å²) in [7, 11) is -7.21. The van der Waals surface area contributed by atoms with Gasteiger partial charge >= 0.3 is 0 Å². The van der Waals surface area contributed by atoms with E-state index in [0.29, 0.717) is 0 Å². The van der Waals surface area contributed by atoms with Crippen molar-refractivity contribution in [3.05, 3.63) is 23.8 Å². The molecule has 2 N–H and O–H groups in total. The first-order chi connectivity index (χ1) is 9.30. The summed E-state index contributed by atoms with van der Waals surface area (Å²) >= 11 is 0. The molecule has 0 unspecified atom stereocenters. The Morgan fingerprint density at radius 2 is 1.67 bits per heavy atom. The Bertz CT molecular complexity index is 715. The van der Waals surface area contributed by atoms with Gasteiger partial charge in [0.1, 0.15) is 15.6 Å². The van der Waals surface area contributed by atoms with Crippen molar-refractivity contribution >= 4 is 25.5 Å². The molecular formula is C13H21NO5S2. The quantitative estimate of drug-likeness (QED) is 0.794. The zero-order chi connectivity index (χ0) is 16.5. The molecule has 8 heteroatoms. The van der Waals surface area contributed by atoms with Crippen molar-refractivity contribution < 1.29 is 21.9 Å². The van der Waals surface area contributed by atoms with Crippen molar-refractivity contribution in [2.24, 2.45) is 0 Å². The highest BCUT2D eigenvalue weighted by Gasteiger charge is 2.19. The summed E-state index contributed by atoms with van der Waals surface area (Å²) in [6.07, 6.45) is 0.972. The fourth-order valence-electron chi connectivity index (χ4n) is 1.56. The molecule has 1 aromatic carbocycles. The number of hydrogen-bond acceptors (Lipinski definition) is 5. The molecule has 6 nitrogen and oxygen atoms in total. The summed E-state index contributed by atoms with van der Waals surface area (Å²) in [6, 6.07) is 4.67. The minimum atomic E-state index is -3.84. The number of sulfone groups is 1. The number of nitrogens with one attached hydrogen (secondary N) is 1. The molecule has 0 saturated heterocycles. The molecule has 0 aliphatic carbocycles. The Morgan fingerprint density at radius 3 is 2.14 bits per heavy atom. The van der Waals surface area contributed by atoms with Gasteiger partial charge in [-0.3, -0.25) is 4.72 Å². The van der Waals surface area contributed by atoms with Gasteiger partial charge in [-0.25, -0.2) is 16.8 Å². The first kappa shape index (κ1) is 17.8. The largest absolute Gasteiger partial charge is 0.506 e. The van der Waals surface area contributed by atoms with Crippen molar-refractivity contribution in [3.63, 3.8) is 0 Å². The van der Waals surface area contributed by atoms with Gasteiger partial charge in [0.15, 0.2) is 0 Å². The van der Waals surface area contributed by atoms with Crippen LogP contribution in [0.25, 0.3) is 0 Å². The molecule has 120 valence electrons. The Hall–Kier alpha value is -1.28. The Balaban J connectivity index is 3.02. The zero-order valence-electron chi connectivity index (χ0n) is 12.5. The van der Waals surface area contributed by atoms with Crippen LogP contribution in [0, 0.1) is 0 Å². The molecule has 0 atom stereocenters. The smallest absolute Gasteiger partial charge is 0.233 e. The van der Waals surface area contributed by atoms with Crippen LogP contribution >= 0.6 is 0 Å². The summed E-state index contributed by atoms with van der Waals surface area (Å²) in [5.74, 6) is -1.22. The number of anilines is 1. The lowest BCUT2D eigenvalue weighted by atomic mass is 9.87. The van der Waals surface area contributed by atoms with Crippen molar-refractivity contribution in [3.8, 4) is 5.75 Å². The first-order valence-corrected chi connectivity index (χ1v) is 10.0. The molecule has 0 aromatic heterocycles. The third-order valence-electron chi connectivity index (χ3n) is 2.85. The summed E-state index contributed by atoms with van der Waals surface area (Å²) < 4.78 is 48.1. The van der Waals surface area contributed by atoms with Gasteiger partial charge in [0.05, 0.1) is 17.2 Å². The number of phenolic OH excluding ortho intramolecular Hbond substituents is 1. The van der Waals surface area contributed by atoms with Gasteiger partial charge in [-0.15, -0.1) is 0 Å². The number of hydrogen-bond donors (Lipinski definition) is 2. The van der Waals surface area contributed by atoms with E-state index < -0.39 is 31.4 Å². The maximum absolute atomic E-state index is 11.9. The molecule has 0 fully saturated rings. The molecule has 0 radical (unpaired) electrons. The number of rotatable bonds is 5. The minimum absolute atomic E-state index is 0.0518. The molecule has 0 amide bonds. The average Bonchev–Trinajstić information content (AvgIpc) is 2.27. The molecule has 0 heterocycles. The van der Waals surface area contributed by atoms with Crippen LogP contribution in [0.15, 0.2) is 18.2 Å². The fourth-order valence-corrected chi connectivity index (χ4v) is 4.25. The van der Waals surface area contributed by atoms with E-state index in [2.05, 4.69) is 4.72 Å². The van der Waals surface area contributed by atoms with E-state index >= 15 is 0 Å². The van der Waals surface area contributed by atoms with Crippen LogP contribution < -0.4 is 4.72 Å². The summed E-state index contributed by atoms with van der Waals surface area (Å²) in [5, 5.41) is 9.75. The summed E-state index contributed by atoms with van der Waals surface area (Å²) in [4.78, 5) is 0. The van der Waals surface area contributed by atoms with E-state index in [0.717, 1.165) is 11.8 Å². The molecular weight excluding hydrogens is 314 g/mol. The van der Waals surface area contributed by atoms with Gasteiger partial charge in [-0.05, 0) is 23.1 Å². The molecule has 0 saturated carbocycles. The third kappa shape index (κ3) is 5.92. The topological polar surface area (TPSA) is 101 Å². The van der Waals surface area contributed by atoms with Crippen molar-refractivity contribution in [1.29, 1.82) is 0 Å². The van der Waals surface area contributed by atoms with E-state index in [1.807, 2.05) is 20.8 Å². The van der Waals surface area contributed by atoms with Crippen molar-refractivity contribution in [2.75, 3.05) is 22.5 Å². The molecule has 0 aliphatic rings. The second kappa shape index (κ2) is 5.84. The molecule has 0 spiro atoms. The second-order valence-electron chi connectivity index (χ2n) is 6.03. The lowest BCUT2D eigenvalue weighted by Gasteiger charge is -2.20. The highest BCUT2D eigenvalue weighted by Crippen LogP contribution is 2.31. The lowest BCUT2D eigenvalue weighted by molar-refractivity contribution is 0.476. The average molecular weight is 335 g/mol. The molecule has 1 rings (SSSR count).